The lowest BCUT2D eigenvalue weighted by Gasteiger charge is -2.16. The highest BCUT2D eigenvalue weighted by Crippen LogP contribution is 2.26. The van der Waals surface area contributed by atoms with Crippen LogP contribution in [0.5, 0.6) is 0 Å². The van der Waals surface area contributed by atoms with E-state index in [1.54, 1.807) is 0 Å². The molecule has 0 aromatic heterocycles. The average molecular weight is 381 g/mol. The standard InChI is InChI=1S/C16H13F2N3O4S/c1-20-9-15(22)21(16(20)23)12-4-2-3-11(8-12)19-26(24,25)14-6-5-10(17)7-13(14)18/h2-8,19H,9H2,1H3. The summed E-state index contributed by atoms with van der Waals surface area (Å²) in [5.74, 6) is -2.60. The van der Waals surface area contributed by atoms with Crippen molar-refractivity contribution in [2.24, 2.45) is 0 Å². The second-order valence-electron chi connectivity index (χ2n) is 5.60. The molecule has 1 N–H and O–H groups in total. The van der Waals surface area contributed by atoms with Crippen LogP contribution in [0.2, 0.25) is 0 Å². The van der Waals surface area contributed by atoms with E-state index >= 15 is 0 Å². The van der Waals surface area contributed by atoms with E-state index in [2.05, 4.69) is 4.72 Å². The Morgan fingerprint density at radius 2 is 1.81 bits per heavy atom. The number of hydrogen-bond acceptors (Lipinski definition) is 4. The first-order valence-corrected chi connectivity index (χ1v) is 8.83. The minimum Gasteiger partial charge on any atom is -0.318 e. The van der Waals surface area contributed by atoms with Gasteiger partial charge < -0.3 is 4.90 Å². The maximum absolute atomic E-state index is 13.8. The predicted molar refractivity (Wildman–Crippen MR) is 89.1 cm³/mol. The molecule has 0 atom stereocenters. The molecule has 7 nitrogen and oxygen atoms in total. The van der Waals surface area contributed by atoms with Gasteiger partial charge in [0.15, 0.2) is 0 Å². The second-order valence-corrected chi connectivity index (χ2v) is 7.25. The molecule has 0 spiro atoms. The fraction of sp³-hybridized carbons (Fsp3) is 0.125. The van der Waals surface area contributed by atoms with Crippen LogP contribution in [0.4, 0.5) is 25.0 Å². The van der Waals surface area contributed by atoms with Gasteiger partial charge in [-0.2, -0.15) is 0 Å². The van der Waals surface area contributed by atoms with Crippen LogP contribution in [-0.2, 0) is 14.8 Å². The SMILES string of the molecule is CN1CC(=O)N(c2cccc(NS(=O)(=O)c3ccc(F)cc3F)c2)C1=O. The highest BCUT2D eigenvalue weighted by molar-refractivity contribution is 7.92. The molecule has 0 unspecified atom stereocenters. The Morgan fingerprint density at radius 1 is 1.08 bits per heavy atom. The number of halogens is 2. The van der Waals surface area contributed by atoms with Crippen molar-refractivity contribution in [2.45, 2.75) is 4.90 Å². The highest BCUT2D eigenvalue weighted by Gasteiger charge is 2.35. The van der Waals surface area contributed by atoms with Crippen molar-refractivity contribution in [2.75, 3.05) is 23.2 Å². The van der Waals surface area contributed by atoms with Gasteiger partial charge in [0, 0.05) is 13.1 Å². The van der Waals surface area contributed by atoms with Gasteiger partial charge in [0.1, 0.15) is 23.1 Å². The summed E-state index contributed by atoms with van der Waals surface area (Å²) in [7, 11) is -2.87. The zero-order chi connectivity index (χ0) is 19.1. The molecule has 3 rings (SSSR count). The van der Waals surface area contributed by atoms with Crippen LogP contribution < -0.4 is 9.62 Å². The van der Waals surface area contributed by atoms with Crippen LogP contribution in [0, 0.1) is 11.6 Å². The van der Waals surface area contributed by atoms with E-state index < -0.39 is 38.5 Å². The minimum absolute atomic E-state index is 0.0152. The fourth-order valence-corrected chi connectivity index (χ4v) is 3.59. The summed E-state index contributed by atoms with van der Waals surface area (Å²) < 4.78 is 53.5. The number of anilines is 2. The van der Waals surface area contributed by atoms with Crippen molar-refractivity contribution in [3.05, 3.63) is 54.1 Å². The summed E-state index contributed by atoms with van der Waals surface area (Å²) in [6, 6.07) is 7.09. The third kappa shape index (κ3) is 3.23. The Balaban J connectivity index is 1.92. The second kappa shape index (κ2) is 6.37. The first-order valence-electron chi connectivity index (χ1n) is 7.35. The third-order valence-electron chi connectivity index (χ3n) is 3.68. The summed E-state index contributed by atoms with van der Waals surface area (Å²) in [5.41, 5.74) is 0.186. The molecule has 1 heterocycles. The number of rotatable bonds is 4. The molecule has 2 aromatic rings. The average Bonchev–Trinajstić information content (AvgIpc) is 2.79. The number of urea groups is 1. The quantitative estimate of drug-likeness (QED) is 0.823. The van der Waals surface area contributed by atoms with Crippen LogP contribution in [0.15, 0.2) is 47.4 Å². The Kier molecular flexibility index (Phi) is 4.36. The molecule has 1 aliphatic heterocycles. The van der Waals surface area contributed by atoms with Crippen molar-refractivity contribution in [1.82, 2.24) is 4.90 Å². The van der Waals surface area contributed by atoms with Crippen molar-refractivity contribution in [3.63, 3.8) is 0 Å². The lowest BCUT2D eigenvalue weighted by Crippen LogP contribution is -2.31. The maximum Gasteiger partial charge on any atom is 0.331 e. The summed E-state index contributed by atoms with van der Waals surface area (Å²) in [6.45, 7) is -0.0877. The number of nitrogens with one attached hydrogen (secondary N) is 1. The van der Waals surface area contributed by atoms with Gasteiger partial charge in [0.05, 0.1) is 11.4 Å². The molecule has 0 aliphatic carbocycles. The summed E-state index contributed by atoms with van der Waals surface area (Å²) in [4.78, 5) is 25.4. The van der Waals surface area contributed by atoms with Gasteiger partial charge in [0.25, 0.3) is 15.9 Å². The maximum atomic E-state index is 13.8. The van der Waals surface area contributed by atoms with Crippen LogP contribution >= 0.6 is 0 Å². The molecule has 0 radical (unpaired) electrons. The van der Waals surface area contributed by atoms with Crippen LogP contribution in [0.25, 0.3) is 0 Å². The molecule has 136 valence electrons. The molecule has 1 fully saturated rings. The number of hydrogen-bond donors (Lipinski definition) is 1. The zero-order valence-corrected chi connectivity index (χ0v) is 14.3. The molecular weight excluding hydrogens is 368 g/mol. The van der Waals surface area contributed by atoms with Crippen molar-refractivity contribution in [1.29, 1.82) is 0 Å². The highest BCUT2D eigenvalue weighted by atomic mass is 32.2. The summed E-state index contributed by atoms with van der Waals surface area (Å²) in [6.07, 6.45) is 0. The van der Waals surface area contributed by atoms with Gasteiger partial charge in [-0.15, -0.1) is 0 Å². The molecular formula is C16H13F2N3O4S. The van der Waals surface area contributed by atoms with Gasteiger partial charge in [-0.25, -0.2) is 26.9 Å². The fourth-order valence-electron chi connectivity index (χ4n) is 2.48. The van der Waals surface area contributed by atoms with E-state index in [1.807, 2.05) is 0 Å². The number of benzene rings is 2. The summed E-state index contributed by atoms with van der Waals surface area (Å²) >= 11 is 0. The lowest BCUT2D eigenvalue weighted by atomic mass is 10.2. The Hall–Kier alpha value is -3.01. The molecule has 10 heteroatoms. The topological polar surface area (TPSA) is 86.8 Å². The smallest absolute Gasteiger partial charge is 0.318 e. The van der Waals surface area contributed by atoms with Gasteiger partial charge in [-0.05, 0) is 30.3 Å². The Bertz CT molecular complexity index is 1010. The van der Waals surface area contributed by atoms with Crippen LogP contribution in [-0.4, -0.2) is 38.8 Å². The number of carbonyl (C=O) groups excluding carboxylic acids is 2. The number of nitrogens with zero attached hydrogens (tertiary/aromatic N) is 2. The number of carbonyl (C=O) groups is 2. The van der Waals surface area contributed by atoms with E-state index in [0.29, 0.717) is 6.07 Å². The largest absolute Gasteiger partial charge is 0.331 e. The zero-order valence-electron chi connectivity index (χ0n) is 13.4. The molecule has 26 heavy (non-hydrogen) atoms. The normalized spacial score (nSPS) is 14.9. The van der Waals surface area contributed by atoms with E-state index in [9.17, 15) is 26.8 Å². The van der Waals surface area contributed by atoms with E-state index in [-0.39, 0.29) is 17.9 Å². The molecule has 1 saturated heterocycles. The number of sulfonamides is 1. The van der Waals surface area contributed by atoms with Crippen molar-refractivity contribution >= 4 is 33.3 Å². The lowest BCUT2D eigenvalue weighted by molar-refractivity contribution is -0.116. The van der Waals surface area contributed by atoms with Crippen LogP contribution in [0.3, 0.4) is 0 Å². The Morgan fingerprint density at radius 3 is 2.42 bits per heavy atom. The van der Waals surface area contributed by atoms with Gasteiger partial charge in [-0.3, -0.25) is 9.52 Å². The first kappa shape index (κ1) is 17.8. The number of imide groups is 1. The molecule has 0 saturated carbocycles. The Labute approximate surface area is 147 Å². The predicted octanol–water partition coefficient (Wildman–Crippen LogP) is 2.16. The third-order valence-corrected chi connectivity index (χ3v) is 5.09. The molecule has 1 aliphatic rings. The van der Waals surface area contributed by atoms with Gasteiger partial charge in [0.2, 0.25) is 0 Å². The van der Waals surface area contributed by atoms with Gasteiger partial charge in [-0.1, -0.05) is 6.07 Å². The minimum atomic E-state index is -4.33. The van der Waals surface area contributed by atoms with Gasteiger partial charge >= 0.3 is 6.03 Å². The van der Waals surface area contributed by atoms with Crippen molar-refractivity contribution < 1.29 is 26.8 Å². The van der Waals surface area contributed by atoms with Crippen molar-refractivity contribution in [3.8, 4) is 0 Å². The summed E-state index contributed by atoms with van der Waals surface area (Å²) in [5, 5.41) is 0. The monoisotopic (exact) mass is 381 g/mol. The number of amides is 3. The molecule has 3 amide bonds. The van der Waals surface area contributed by atoms with E-state index in [4.69, 9.17) is 0 Å². The van der Waals surface area contributed by atoms with Crippen LogP contribution in [0.1, 0.15) is 0 Å². The number of likely N-dealkylation sites (N-methyl/N-ethyl adjacent to an activating group) is 1. The van der Waals surface area contributed by atoms with E-state index in [0.717, 1.165) is 17.0 Å². The molecule has 0 bridgehead atoms. The molecule has 2 aromatic carbocycles. The van der Waals surface area contributed by atoms with E-state index in [1.165, 1.54) is 36.2 Å². The first-order chi connectivity index (χ1) is 12.2.